The number of anilines is 2. The van der Waals surface area contributed by atoms with Crippen molar-refractivity contribution in [3.63, 3.8) is 0 Å². The van der Waals surface area contributed by atoms with Crippen molar-refractivity contribution >= 4 is 114 Å². The van der Waals surface area contributed by atoms with E-state index in [9.17, 15) is 36.1 Å². The fraction of sp³-hybridized carbons (Fsp3) is 0.297. The number of non-ortho nitro benzene ring substituents is 1. The van der Waals surface area contributed by atoms with Crippen molar-refractivity contribution in [2.75, 3.05) is 22.9 Å². The Bertz CT molecular complexity index is 2920. The molecule has 2 aliphatic rings. The maximum absolute atomic E-state index is 12.0. The molecule has 2 aromatic heterocycles. The monoisotopic (exact) mass is 955 g/mol. The first-order chi connectivity index (χ1) is 27.8. The van der Waals surface area contributed by atoms with E-state index in [-0.39, 0.29) is 60.6 Å². The van der Waals surface area contributed by atoms with Gasteiger partial charge >= 0.3 is 0 Å². The van der Waals surface area contributed by atoms with Crippen LogP contribution in [0.2, 0.25) is 5.02 Å². The zero-order valence-corrected chi connectivity index (χ0v) is 37.2. The van der Waals surface area contributed by atoms with Gasteiger partial charge in [-0.1, -0.05) is 34.3 Å². The Morgan fingerprint density at radius 1 is 0.717 bits per heavy atom. The summed E-state index contributed by atoms with van der Waals surface area (Å²) in [7, 11) is -8.99. The third kappa shape index (κ3) is 9.81. The van der Waals surface area contributed by atoms with Crippen LogP contribution in [0.4, 0.5) is 38.7 Å². The van der Waals surface area contributed by atoms with Crippen LogP contribution in [0.5, 0.6) is 0 Å². The zero-order valence-electron chi connectivity index (χ0n) is 32.2. The third-order valence-electron chi connectivity index (χ3n) is 9.61. The van der Waals surface area contributed by atoms with Gasteiger partial charge in [-0.3, -0.25) is 19.2 Å². The van der Waals surface area contributed by atoms with Gasteiger partial charge in [0.05, 0.1) is 25.4 Å². The minimum atomic E-state index is -4.52. The van der Waals surface area contributed by atoms with Crippen molar-refractivity contribution in [2.45, 2.75) is 68.8 Å². The van der Waals surface area contributed by atoms with E-state index in [4.69, 9.17) is 11.6 Å². The summed E-state index contributed by atoms with van der Waals surface area (Å²) >= 11 is 8.40. The second-order valence-electron chi connectivity index (χ2n) is 14.2. The Labute approximate surface area is 367 Å². The van der Waals surface area contributed by atoms with Crippen LogP contribution in [0.25, 0.3) is 20.4 Å². The number of nitro groups is 1. The molecule has 0 fully saturated rings. The van der Waals surface area contributed by atoms with Crippen LogP contribution < -0.4 is 9.80 Å². The first-order valence-electron chi connectivity index (χ1n) is 18.1. The molecule has 0 radical (unpaired) electrons. The van der Waals surface area contributed by atoms with Crippen molar-refractivity contribution in [3.05, 3.63) is 86.9 Å². The second kappa shape index (κ2) is 17.8. The summed E-state index contributed by atoms with van der Waals surface area (Å²) in [4.78, 5) is 22.6. The molecule has 4 aromatic carbocycles. The fourth-order valence-electron chi connectivity index (χ4n) is 6.88. The van der Waals surface area contributed by atoms with Gasteiger partial charge in [0, 0.05) is 70.2 Å². The van der Waals surface area contributed by atoms with Crippen molar-refractivity contribution in [1.29, 1.82) is 0 Å². The number of rotatable bonds is 9. The van der Waals surface area contributed by atoms with E-state index < -0.39 is 25.2 Å². The molecular formula is C37H36ClN9NiO8S4. The molecule has 60 heavy (non-hydrogen) atoms. The summed E-state index contributed by atoms with van der Waals surface area (Å²) in [6, 6.07) is 16.2. The number of thiazole rings is 2. The van der Waals surface area contributed by atoms with Gasteiger partial charge in [-0.15, -0.1) is 20.5 Å². The van der Waals surface area contributed by atoms with Crippen molar-refractivity contribution in [1.82, 2.24) is 9.97 Å². The van der Waals surface area contributed by atoms with Crippen LogP contribution in [0, 0.1) is 10.1 Å². The van der Waals surface area contributed by atoms with E-state index >= 15 is 0 Å². The molecule has 0 aliphatic carbocycles. The van der Waals surface area contributed by atoms with Gasteiger partial charge < -0.3 is 9.80 Å². The maximum atomic E-state index is 12.0. The molecule has 2 aliphatic heterocycles. The number of azo groups is 2. The largest absolute Gasteiger partial charge is 0.369 e. The predicted octanol–water partition coefficient (Wildman–Crippen LogP) is 10.4. The topological polar surface area (TPSA) is 234 Å². The van der Waals surface area contributed by atoms with E-state index in [2.05, 4.69) is 54.1 Å². The average Bonchev–Trinajstić information content (AvgIpc) is 3.90. The van der Waals surface area contributed by atoms with Gasteiger partial charge in [0.2, 0.25) is 10.3 Å². The number of nitrogens with zero attached hydrogens (tertiary/aromatic N) is 9. The van der Waals surface area contributed by atoms with Crippen LogP contribution in [0.1, 0.15) is 45.2 Å². The van der Waals surface area contributed by atoms with Crippen LogP contribution in [0.15, 0.2) is 90.9 Å². The Kier molecular flexibility index (Phi) is 13.4. The molecule has 2 N–H and O–H groups in total. The van der Waals surface area contributed by atoms with Gasteiger partial charge in [0.15, 0.2) is 0 Å². The molecule has 23 heteroatoms. The molecular weight excluding hydrogens is 921 g/mol. The van der Waals surface area contributed by atoms with E-state index in [1.54, 1.807) is 30.3 Å². The summed E-state index contributed by atoms with van der Waals surface area (Å²) in [5.74, 6) is 0. The SMILES string of the molecule is CC(C)N1CCCc2cc(N=Nc3nc4ccc(Cl)cc4s3)c(S(=O)(=O)O)cc21.CC(C)N1CCc2cc(N=Nc3nc4ccc([N+](=O)[O-])cc4s3)c(S(=O)(=O)O)cc21.[Ni]. The van der Waals surface area contributed by atoms with Crippen LogP contribution in [0.3, 0.4) is 0 Å². The number of benzene rings is 4. The van der Waals surface area contributed by atoms with Crippen LogP contribution in [-0.2, 0) is 49.6 Å². The quantitative estimate of drug-likeness (QED) is 0.0453. The first kappa shape index (κ1) is 45.0. The molecule has 17 nitrogen and oxygen atoms in total. The Hall–Kier alpha value is -4.54. The molecule has 8 rings (SSSR count). The summed E-state index contributed by atoms with van der Waals surface area (Å²) in [6.07, 6.45) is 2.50. The van der Waals surface area contributed by atoms with Crippen LogP contribution >= 0.6 is 34.3 Å². The number of hydrogen-bond acceptors (Lipinski definition) is 16. The molecule has 318 valence electrons. The minimum Gasteiger partial charge on any atom is -0.369 e. The standard InChI is InChI=1S/C19H19ClN4O3S2.C18H17N5O5S2.Ni/c1-11(2)24-7-3-4-12-8-15(18(10-16(12)24)29(25,26)27)22-23-19-21-14-6-5-13(20)9-17(14)28-19;1-10(2)22-6-5-11-7-14(17(9-15(11)22)30(26,27)28)20-21-18-19-13-4-3-12(23(24)25)8-16(13)29-18;/h5-6,8-11H,3-4,7H2,1-2H3,(H,25,26,27);3-4,7-10H,5-6H2,1-2H3,(H,26,27,28);. The Morgan fingerprint density at radius 3 is 1.70 bits per heavy atom. The van der Waals surface area contributed by atoms with E-state index in [0.717, 1.165) is 76.4 Å². The van der Waals surface area contributed by atoms with Gasteiger partial charge in [-0.2, -0.15) is 16.8 Å². The van der Waals surface area contributed by atoms with Crippen molar-refractivity contribution < 1.29 is 47.4 Å². The number of halogens is 1. The number of fused-ring (bicyclic) bond motifs is 4. The minimum absolute atomic E-state index is 0. The van der Waals surface area contributed by atoms with E-state index in [0.29, 0.717) is 20.4 Å². The van der Waals surface area contributed by atoms with Crippen molar-refractivity contribution in [3.8, 4) is 0 Å². The average molecular weight is 957 g/mol. The maximum Gasteiger partial charge on any atom is 0.296 e. The molecule has 0 saturated carbocycles. The summed E-state index contributed by atoms with van der Waals surface area (Å²) in [5.41, 5.74) is 4.80. The zero-order chi connectivity index (χ0) is 42.4. The molecule has 6 aromatic rings. The van der Waals surface area contributed by atoms with Crippen LogP contribution in [-0.4, -0.2) is 66.0 Å². The molecule has 0 unspecified atom stereocenters. The smallest absolute Gasteiger partial charge is 0.296 e. The number of nitro benzene ring substituents is 1. The normalized spacial score (nSPS) is 14.3. The molecule has 0 spiro atoms. The first-order valence-corrected chi connectivity index (χ1v) is 23.0. The fourth-order valence-corrected chi connectivity index (χ4v) is 10.0. The van der Waals surface area contributed by atoms with Gasteiger partial charge in [-0.25, -0.2) is 9.97 Å². The second-order valence-corrected chi connectivity index (χ2v) is 19.4. The molecule has 4 heterocycles. The van der Waals surface area contributed by atoms with Gasteiger partial charge in [-0.05, 0) is 107 Å². The Morgan fingerprint density at radius 2 is 1.20 bits per heavy atom. The molecule has 0 saturated heterocycles. The Balaban J connectivity index is 0.000000198. The number of aromatic nitrogens is 2. The van der Waals surface area contributed by atoms with E-state index in [1.807, 2.05) is 13.8 Å². The molecule has 0 amide bonds. The summed E-state index contributed by atoms with van der Waals surface area (Å²) in [5, 5.41) is 28.4. The number of aryl methyl sites for hydroxylation is 1. The summed E-state index contributed by atoms with van der Waals surface area (Å²) in [6.45, 7) is 9.70. The van der Waals surface area contributed by atoms with Crippen molar-refractivity contribution in [2.24, 2.45) is 20.5 Å². The number of hydrogen-bond donors (Lipinski definition) is 2. The van der Waals surface area contributed by atoms with Gasteiger partial charge in [0.1, 0.15) is 21.2 Å². The molecule has 0 atom stereocenters. The molecule has 0 bridgehead atoms. The predicted molar refractivity (Wildman–Crippen MR) is 229 cm³/mol. The van der Waals surface area contributed by atoms with Gasteiger partial charge in [0.25, 0.3) is 25.9 Å². The summed E-state index contributed by atoms with van der Waals surface area (Å²) < 4.78 is 68.8. The van der Waals surface area contributed by atoms with E-state index in [1.165, 1.54) is 41.7 Å². The third-order valence-corrected chi connectivity index (χ3v) is 13.4.